The molecule has 0 spiro atoms. The molecule has 0 aromatic carbocycles. The van der Waals surface area contributed by atoms with Crippen LogP contribution < -0.4 is 21.3 Å². The highest BCUT2D eigenvalue weighted by atomic mass is 32.2. The molecule has 3 fully saturated rings. The number of nitrogens with one attached hydrogen (secondary N) is 4. The third-order valence-electron chi connectivity index (χ3n) is 10.5. The van der Waals surface area contributed by atoms with Crippen molar-refractivity contribution in [3.8, 4) is 0 Å². The summed E-state index contributed by atoms with van der Waals surface area (Å²) in [5, 5.41) is 11.1. The highest BCUT2D eigenvalue weighted by molar-refractivity contribution is 7.90. The normalized spacial score (nSPS) is 23.6. The molecule has 0 bridgehead atoms. The molecular formula is C35H60N6O7S. The van der Waals surface area contributed by atoms with E-state index >= 15 is 0 Å². The Balaban J connectivity index is 1.84. The molecule has 0 aromatic heterocycles. The van der Waals surface area contributed by atoms with E-state index in [0.29, 0.717) is 6.54 Å². The number of Topliss-reactive ketones (excluding diaryl/α,β-unsaturated/α-hetero) is 1. The molecule has 1 saturated heterocycles. The molecule has 278 valence electrons. The summed E-state index contributed by atoms with van der Waals surface area (Å²) in [6.45, 7) is 16.1. The summed E-state index contributed by atoms with van der Waals surface area (Å²) in [6.07, 6.45) is 8.37. The van der Waals surface area contributed by atoms with E-state index in [4.69, 9.17) is 0 Å². The molecule has 2 aliphatic carbocycles. The number of likely N-dealkylation sites (N-methyl/N-ethyl adjacent to an activating group) is 1. The summed E-state index contributed by atoms with van der Waals surface area (Å²) < 4.78 is 26.5. The first-order valence-electron chi connectivity index (χ1n) is 17.8. The lowest BCUT2D eigenvalue weighted by Gasteiger charge is -2.38. The van der Waals surface area contributed by atoms with Gasteiger partial charge in [0.2, 0.25) is 27.6 Å². The standard InChI is InChI=1S/C35H60N6O7S/c1-10-19-36-31(44)29(42)22(2)37-30(43)28-25-18-14-17-24(25)20-41(28)32(45)27(23-15-12-11-13-16-23)39-33(46)38-26(34(3,4)5)21-40(9)49(47,48)35(6,7)8/h10,22-28H,1,11-21H2,2-9H3,(H,36,44)(H,37,43)(H2,38,39,46)/t22?,24-,25-,26+,27-,28-/m0/s1. The Hall–Kier alpha value is -3.00. The zero-order valence-corrected chi connectivity index (χ0v) is 31.6. The van der Waals surface area contributed by atoms with Crippen LogP contribution in [0.4, 0.5) is 4.79 Å². The van der Waals surface area contributed by atoms with Crippen LogP contribution in [-0.4, -0.2) is 103 Å². The van der Waals surface area contributed by atoms with E-state index in [9.17, 15) is 32.4 Å². The van der Waals surface area contributed by atoms with Crippen LogP contribution in [0.15, 0.2) is 12.7 Å². The molecule has 1 unspecified atom stereocenters. The van der Waals surface area contributed by atoms with E-state index in [2.05, 4.69) is 27.8 Å². The number of hydrogen-bond donors (Lipinski definition) is 4. The molecule has 2 saturated carbocycles. The largest absolute Gasteiger partial charge is 0.346 e. The number of nitrogens with zero attached hydrogens (tertiary/aromatic N) is 2. The number of carbonyl (C=O) groups is 5. The lowest BCUT2D eigenvalue weighted by molar-refractivity contribution is -0.144. The molecule has 0 aromatic rings. The molecule has 5 amide bonds. The first-order chi connectivity index (χ1) is 22.7. The fourth-order valence-electron chi connectivity index (χ4n) is 7.41. The smallest absolute Gasteiger partial charge is 0.315 e. The number of rotatable bonds is 13. The molecule has 14 heteroatoms. The van der Waals surface area contributed by atoms with E-state index in [1.807, 2.05) is 20.8 Å². The minimum Gasteiger partial charge on any atom is -0.346 e. The van der Waals surface area contributed by atoms with Crippen LogP contribution in [0.25, 0.3) is 0 Å². The first-order valence-corrected chi connectivity index (χ1v) is 19.2. The van der Waals surface area contributed by atoms with Gasteiger partial charge in [-0.05, 0) is 76.5 Å². The number of ketones is 1. The lowest BCUT2D eigenvalue weighted by Crippen LogP contribution is -2.61. The van der Waals surface area contributed by atoms with E-state index in [1.54, 1.807) is 25.7 Å². The van der Waals surface area contributed by atoms with Crippen molar-refractivity contribution < 1.29 is 32.4 Å². The van der Waals surface area contributed by atoms with Crippen molar-refractivity contribution in [2.24, 2.45) is 23.2 Å². The fourth-order valence-corrected chi connectivity index (χ4v) is 8.69. The second kappa shape index (κ2) is 16.3. The van der Waals surface area contributed by atoms with Gasteiger partial charge in [0.05, 0.1) is 10.8 Å². The minimum absolute atomic E-state index is 0.0405. The van der Waals surface area contributed by atoms with E-state index < -0.39 is 68.0 Å². The average molecular weight is 709 g/mol. The molecule has 3 rings (SSSR count). The van der Waals surface area contributed by atoms with Crippen LogP contribution in [0.2, 0.25) is 0 Å². The van der Waals surface area contributed by atoms with Crippen molar-refractivity contribution in [2.75, 3.05) is 26.7 Å². The topological polar surface area (TPSA) is 174 Å². The van der Waals surface area contributed by atoms with Crippen molar-refractivity contribution in [1.82, 2.24) is 30.5 Å². The monoisotopic (exact) mass is 708 g/mol. The average Bonchev–Trinajstić information content (AvgIpc) is 3.62. The predicted octanol–water partition coefficient (Wildman–Crippen LogP) is 2.71. The second-order valence-electron chi connectivity index (χ2n) is 16.2. The van der Waals surface area contributed by atoms with E-state index in [-0.39, 0.29) is 36.8 Å². The van der Waals surface area contributed by atoms with Gasteiger partial charge in [-0.25, -0.2) is 17.5 Å². The molecule has 1 aliphatic heterocycles. The Kier molecular flexibility index (Phi) is 13.5. The van der Waals surface area contributed by atoms with E-state index in [0.717, 1.165) is 51.4 Å². The Bertz CT molecular complexity index is 1350. The van der Waals surface area contributed by atoms with Gasteiger partial charge < -0.3 is 26.2 Å². The predicted molar refractivity (Wildman–Crippen MR) is 189 cm³/mol. The van der Waals surface area contributed by atoms with Crippen LogP contribution in [0.5, 0.6) is 0 Å². The van der Waals surface area contributed by atoms with Crippen molar-refractivity contribution in [3.05, 3.63) is 12.7 Å². The van der Waals surface area contributed by atoms with Crippen molar-refractivity contribution in [3.63, 3.8) is 0 Å². The Morgan fingerprint density at radius 1 is 0.918 bits per heavy atom. The van der Waals surface area contributed by atoms with E-state index in [1.165, 1.54) is 24.4 Å². The number of likely N-dealkylation sites (tertiary alicyclic amines) is 1. The molecule has 13 nitrogen and oxygen atoms in total. The van der Waals surface area contributed by atoms with Gasteiger partial charge in [0.25, 0.3) is 5.91 Å². The fraction of sp³-hybridized carbons (Fsp3) is 0.800. The van der Waals surface area contributed by atoms with Gasteiger partial charge in [-0.15, -0.1) is 6.58 Å². The van der Waals surface area contributed by atoms with Gasteiger partial charge >= 0.3 is 6.03 Å². The Labute approximate surface area is 293 Å². The van der Waals surface area contributed by atoms with Gasteiger partial charge in [-0.1, -0.05) is 52.5 Å². The van der Waals surface area contributed by atoms with Crippen LogP contribution in [-0.2, 0) is 29.2 Å². The quantitative estimate of drug-likeness (QED) is 0.168. The summed E-state index contributed by atoms with van der Waals surface area (Å²) in [7, 11) is -2.16. The summed E-state index contributed by atoms with van der Waals surface area (Å²) in [6, 6.07) is -3.97. The maximum Gasteiger partial charge on any atom is 0.315 e. The third-order valence-corrected chi connectivity index (χ3v) is 13.0. The SMILES string of the molecule is C=CCNC(=O)C(=O)C(C)NC(=O)[C@@H]1[C@H]2CCC[C@H]2CN1C(=O)[C@@H](NC(=O)N[C@H](CN(C)S(=O)(=O)C(C)(C)C)C(C)(C)C)C1CCCCC1. The summed E-state index contributed by atoms with van der Waals surface area (Å²) in [4.78, 5) is 68.6. The maximum absolute atomic E-state index is 14.6. The number of amides is 5. The van der Waals surface area contributed by atoms with Crippen molar-refractivity contribution >= 4 is 39.6 Å². The molecular weight excluding hydrogens is 648 g/mol. The Morgan fingerprint density at radius 2 is 1.55 bits per heavy atom. The molecule has 1 heterocycles. The minimum atomic E-state index is -3.66. The zero-order valence-electron chi connectivity index (χ0n) is 30.8. The highest BCUT2D eigenvalue weighted by Gasteiger charge is 2.51. The zero-order chi connectivity index (χ0) is 36.9. The molecule has 6 atom stereocenters. The van der Waals surface area contributed by atoms with Crippen molar-refractivity contribution in [1.29, 1.82) is 0 Å². The van der Waals surface area contributed by atoms with Gasteiger partial charge in [0.1, 0.15) is 12.1 Å². The summed E-state index contributed by atoms with van der Waals surface area (Å²) in [5.74, 6) is -2.54. The van der Waals surface area contributed by atoms with Crippen molar-refractivity contribution in [2.45, 2.75) is 129 Å². The van der Waals surface area contributed by atoms with Crippen LogP contribution in [0.1, 0.15) is 99.8 Å². The number of fused-ring (bicyclic) bond motifs is 1. The lowest BCUT2D eigenvalue weighted by atomic mass is 9.83. The van der Waals surface area contributed by atoms with Gasteiger partial charge in [0, 0.05) is 32.7 Å². The highest BCUT2D eigenvalue weighted by Crippen LogP contribution is 2.43. The second-order valence-corrected chi connectivity index (χ2v) is 19.0. The maximum atomic E-state index is 14.6. The van der Waals surface area contributed by atoms with Crippen LogP contribution in [0, 0.1) is 23.2 Å². The van der Waals surface area contributed by atoms with Gasteiger partial charge in [0.15, 0.2) is 0 Å². The molecule has 49 heavy (non-hydrogen) atoms. The molecule has 0 radical (unpaired) electrons. The number of hydrogen-bond acceptors (Lipinski definition) is 7. The van der Waals surface area contributed by atoms with Crippen LogP contribution in [0.3, 0.4) is 0 Å². The number of carbonyl (C=O) groups excluding carboxylic acids is 5. The summed E-state index contributed by atoms with van der Waals surface area (Å²) in [5.41, 5.74) is -0.518. The first kappa shape index (κ1) is 40.4. The third kappa shape index (κ3) is 9.83. The number of urea groups is 1. The van der Waals surface area contributed by atoms with Gasteiger partial charge in [-0.3, -0.25) is 19.2 Å². The summed E-state index contributed by atoms with van der Waals surface area (Å²) >= 11 is 0. The molecule has 3 aliphatic rings. The molecule has 4 N–H and O–H groups in total. The Morgan fingerprint density at radius 3 is 2.12 bits per heavy atom. The van der Waals surface area contributed by atoms with Gasteiger partial charge in [-0.2, -0.15) is 0 Å². The van der Waals surface area contributed by atoms with Crippen LogP contribution >= 0.6 is 0 Å². The number of sulfonamides is 1.